The van der Waals surface area contributed by atoms with Gasteiger partial charge in [0.15, 0.2) is 0 Å². The van der Waals surface area contributed by atoms with Gasteiger partial charge in [-0.15, -0.1) is 12.4 Å². The zero-order valence-corrected chi connectivity index (χ0v) is 11.2. The molecule has 19 heavy (non-hydrogen) atoms. The summed E-state index contributed by atoms with van der Waals surface area (Å²) in [7, 11) is 0. The number of piperidine rings is 1. The zero-order chi connectivity index (χ0) is 13.0. The zero-order valence-electron chi connectivity index (χ0n) is 10.4. The van der Waals surface area contributed by atoms with Crippen LogP contribution >= 0.6 is 12.4 Å². The lowest BCUT2D eigenvalue weighted by Crippen LogP contribution is -2.46. The van der Waals surface area contributed by atoms with Crippen LogP contribution in [0.3, 0.4) is 0 Å². The van der Waals surface area contributed by atoms with Crippen LogP contribution in [0.4, 0.5) is 8.78 Å². The van der Waals surface area contributed by atoms with Crippen LogP contribution in [-0.4, -0.2) is 25.0 Å². The molecule has 0 aromatic heterocycles. The highest BCUT2D eigenvalue weighted by atomic mass is 35.5. The van der Waals surface area contributed by atoms with Gasteiger partial charge < -0.3 is 10.6 Å². The van der Waals surface area contributed by atoms with Gasteiger partial charge in [0.05, 0.1) is 6.42 Å². The minimum absolute atomic E-state index is 0. The average molecular weight is 291 g/mol. The molecule has 0 aliphatic carbocycles. The maximum Gasteiger partial charge on any atom is 0.224 e. The summed E-state index contributed by atoms with van der Waals surface area (Å²) in [5.74, 6) is -1.69. The molecule has 1 heterocycles. The lowest BCUT2D eigenvalue weighted by Gasteiger charge is -2.23. The van der Waals surface area contributed by atoms with Crippen molar-refractivity contribution in [1.82, 2.24) is 10.6 Å². The number of rotatable bonds is 3. The van der Waals surface area contributed by atoms with Crippen LogP contribution in [0.25, 0.3) is 0 Å². The third kappa shape index (κ3) is 4.44. The van der Waals surface area contributed by atoms with Crippen molar-refractivity contribution >= 4 is 18.3 Å². The van der Waals surface area contributed by atoms with E-state index in [2.05, 4.69) is 10.6 Å². The fourth-order valence-corrected chi connectivity index (χ4v) is 2.12. The Hall–Kier alpha value is -1.20. The van der Waals surface area contributed by atoms with E-state index in [9.17, 15) is 13.6 Å². The van der Waals surface area contributed by atoms with Crippen LogP contribution < -0.4 is 10.6 Å². The van der Waals surface area contributed by atoms with E-state index >= 15 is 0 Å². The van der Waals surface area contributed by atoms with E-state index < -0.39 is 11.6 Å². The van der Waals surface area contributed by atoms with Crippen LogP contribution in [-0.2, 0) is 11.2 Å². The standard InChI is InChI=1S/C13H16F2N2O.ClH/c14-11-4-1-5-12(15)10(11)7-13(18)17-9-3-2-6-16-8-9;/h1,4-5,9,16H,2-3,6-8H2,(H,17,18);1H. The van der Waals surface area contributed by atoms with Gasteiger partial charge in [0.25, 0.3) is 0 Å². The van der Waals surface area contributed by atoms with E-state index in [0.29, 0.717) is 6.54 Å². The molecule has 2 N–H and O–H groups in total. The topological polar surface area (TPSA) is 41.1 Å². The summed E-state index contributed by atoms with van der Waals surface area (Å²) < 4.78 is 26.7. The van der Waals surface area contributed by atoms with Gasteiger partial charge in [0, 0.05) is 18.2 Å². The monoisotopic (exact) mass is 290 g/mol. The van der Waals surface area contributed by atoms with Crippen molar-refractivity contribution in [3.63, 3.8) is 0 Å². The van der Waals surface area contributed by atoms with Crippen LogP contribution in [0.1, 0.15) is 18.4 Å². The number of halogens is 3. The second-order valence-corrected chi connectivity index (χ2v) is 4.49. The first-order valence-electron chi connectivity index (χ1n) is 6.10. The molecule has 1 amide bonds. The highest BCUT2D eigenvalue weighted by Gasteiger charge is 2.18. The molecule has 2 rings (SSSR count). The van der Waals surface area contributed by atoms with Gasteiger partial charge >= 0.3 is 0 Å². The van der Waals surface area contributed by atoms with Crippen molar-refractivity contribution in [3.05, 3.63) is 35.4 Å². The van der Waals surface area contributed by atoms with Crippen LogP contribution in [0, 0.1) is 11.6 Å². The third-order valence-electron chi connectivity index (χ3n) is 3.06. The first kappa shape index (κ1) is 15.9. The molecule has 1 aromatic carbocycles. The summed E-state index contributed by atoms with van der Waals surface area (Å²) in [5, 5.41) is 5.95. The molecular weight excluding hydrogens is 274 g/mol. The van der Waals surface area contributed by atoms with Crippen molar-refractivity contribution in [3.8, 4) is 0 Å². The molecule has 0 bridgehead atoms. The molecule has 1 aliphatic heterocycles. The molecule has 1 aromatic rings. The van der Waals surface area contributed by atoms with E-state index in [1.807, 2.05) is 0 Å². The Labute approximate surface area is 117 Å². The Morgan fingerprint density at radius 3 is 2.63 bits per heavy atom. The average Bonchev–Trinajstić information content (AvgIpc) is 2.35. The fourth-order valence-electron chi connectivity index (χ4n) is 2.12. The molecular formula is C13H17ClF2N2O. The van der Waals surface area contributed by atoms with E-state index in [1.165, 1.54) is 6.07 Å². The molecule has 1 unspecified atom stereocenters. The number of amides is 1. The first-order valence-corrected chi connectivity index (χ1v) is 6.10. The van der Waals surface area contributed by atoms with Gasteiger partial charge in [-0.3, -0.25) is 4.79 Å². The molecule has 106 valence electrons. The lowest BCUT2D eigenvalue weighted by molar-refractivity contribution is -0.121. The Kier molecular flexibility index (Phi) is 6.18. The summed E-state index contributed by atoms with van der Waals surface area (Å²) in [5.41, 5.74) is -0.168. The molecule has 3 nitrogen and oxygen atoms in total. The van der Waals surface area contributed by atoms with Crippen molar-refractivity contribution in [2.75, 3.05) is 13.1 Å². The molecule has 1 saturated heterocycles. The third-order valence-corrected chi connectivity index (χ3v) is 3.06. The molecule has 1 fully saturated rings. The summed E-state index contributed by atoms with van der Waals surface area (Å²) >= 11 is 0. The molecule has 6 heteroatoms. The Morgan fingerprint density at radius 2 is 2.05 bits per heavy atom. The van der Waals surface area contributed by atoms with Crippen molar-refractivity contribution < 1.29 is 13.6 Å². The van der Waals surface area contributed by atoms with E-state index in [1.54, 1.807) is 0 Å². The quantitative estimate of drug-likeness (QED) is 0.891. The Balaban J connectivity index is 0.00000180. The van der Waals surface area contributed by atoms with Crippen molar-refractivity contribution in [1.29, 1.82) is 0 Å². The fraction of sp³-hybridized carbons (Fsp3) is 0.462. The largest absolute Gasteiger partial charge is 0.352 e. The highest BCUT2D eigenvalue weighted by molar-refractivity contribution is 5.85. The molecule has 1 aliphatic rings. The molecule has 0 spiro atoms. The maximum absolute atomic E-state index is 13.4. The molecule has 0 radical (unpaired) electrons. The summed E-state index contributed by atoms with van der Waals surface area (Å²) in [4.78, 5) is 11.7. The lowest BCUT2D eigenvalue weighted by atomic mass is 10.1. The van der Waals surface area contributed by atoms with Gasteiger partial charge in [0.2, 0.25) is 5.91 Å². The SMILES string of the molecule is Cl.O=C(Cc1c(F)cccc1F)NC1CCCNC1. The van der Waals surface area contributed by atoms with Crippen LogP contribution in [0.2, 0.25) is 0 Å². The van der Waals surface area contributed by atoms with E-state index in [-0.39, 0.29) is 36.3 Å². The Morgan fingerprint density at radius 1 is 1.37 bits per heavy atom. The van der Waals surface area contributed by atoms with E-state index in [4.69, 9.17) is 0 Å². The maximum atomic E-state index is 13.4. The normalized spacial score (nSPS) is 18.5. The number of nitrogens with one attached hydrogen (secondary N) is 2. The number of benzene rings is 1. The van der Waals surface area contributed by atoms with Crippen LogP contribution in [0.5, 0.6) is 0 Å². The Bertz CT molecular complexity index is 416. The number of carbonyl (C=O) groups is 1. The first-order chi connectivity index (χ1) is 8.66. The summed E-state index contributed by atoms with van der Waals surface area (Å²) in [6.07, 6.45) is 1.65. The highest BCUT2D eigenvalue weighted by Crippen LogP contribution is 2.13. The molecule has 1 atom stereocenters. The number of hydrogen-bond acceptors (Lipinski definition) is 2. The summed E-state index contributed by atoms with van der Waals surface area (Å²) in [6, 6.07) is 3.67. The van der Waals surface area contributed by atoms with Crippen LogP contribution in [0.15, 0.2) is 18.2 Å². The number of hydrogen-bond donors (Lipinski definition) is 2. The second-order valence-electron chi connectivity index (χ2n) is 4.49. The summed E-state index contributed by atoms with van der Waals surface area (Å²) in [6.45, 7) is 1.67. The van der Waals surface area contributed by atoms with Gasteiger partial charge in [-0.05, 0) is 31.5 Å². The van der Waals surface area contributed by atoms with Crippen molar-refractivity contribution in [2.45, 2.75) is 25.3 Å². The van der Waals surface area contributed by atoms with Gasteiger partial charge in [-0.25, -0.2) is 8.78 Å². The molecule has 0 saturated carbocycles. The number of carbonyl (C=O) groups excluding carboxylic acids is 1. The predicted octanol–water partition coefficient (Wildman–Crippen LogP) is 1.80. The second kappa shape index (κ2) is 7.40. The van der Waals surface area contributed by atoms with E-state index in [0.717, 1.165) is 31.5 Å². The van der Waals surface area contributed by atoms with Gasteiger partial charge in [-0.1, -0.05) is 6.07 Å². The van der Waals surface area contributed by atoms with Gasteiger partial charge in [0.1, 0.15) is 11.6 Å². The minimum Gasteiger partial charge on any atom is -0.352 e. The van der Waals surface area contributed by atoms with Gasteiger partial charge in [-0.2, -0.15) is 0 Å². The predicted molar refractivity (Wildman–Crippen MR) is 71.3 cm³/mol. The van der Waals surface area contributed by atoms with Crippen molar-refractivity contribution in [2.24, 2.45) is 0 Å². The minimum atomic E-state index is -0.674. The smallest absolute Gasteiger partial charge is 0.224 e.